The Bertz CT molecular complexity index is 464. The summed E-state index contributed by atoms with van der Waals surface area (Å²) >= 11 is 0. The molecule has 0 saturated heterocycles. The maximum absolute atomic E-state index is 10.9. The van der Waals surface area contributed by atoms with Gasteiger partial charge in [0.25, 0.3) is 0 Å². The van der Waals surface area contributed by atoms with E-state index in [1.165, 1.54) is 11.1 Å². The van der Waals surface area contributed by atoms with Gasteiger partial charge in [-0.1, -0.05) is 38.8 Å². The fourth-order valence-corrected chi connectivity index (χ4v) is 3.99. The summed E-state index contributed by atoms with van der Waals surface area (Å²) in [6.45, 7) is 4.43. The molecule has 1 aromatic rings. The minimum absolute atomic E-state index is 0.0175. The number of hydrogen-bond acceptors (Lipinski definition) is 2. The van der Waals surface area contributed by atoms with Crippen molar-refractivity contribution in [2.75, 3.05) is 5.32 Å². The van der Waals surface area contributed by atoms with Crippen LogP contribution in [0.3, 0.4) is 0 Å². The number of anilines is 1. The lowest BCUT2D eigenvalue weighted by atomic mass is 9.62. The molecule has 0 aromatic heterocycles. The lowest BCUT2D eigenvalue weighted by molar-refractivity contribution is -0.105. The predicted octanol–water partition coefficient (Wildman–Crippen LogP) is 3.37. The zero-order chi connectivity index (χ0) is 14.6. The summed E-state index contributed by atoms with van der Waals surface area (Å²) in [6, 6.07) is 6.41. The molecule has 1 amide bonds. The smallest absolute Gasteiger partial charge is 0.211 e. The second-order valence-corrected chi connectivity index (χ2v) is 5.90. The van der Waals surface area contributed by atoms with Gasteiger partial charge in [0.2, 0.25) is 6.41 Å². The van der Waals surface area contributed by atoms with Crippen molar-refractivity contribution in [3.8, 4) is 0 Å². The van der Waals surface area contributed by atoms with Gasteiger partial charge in [-0.25, -0.2) is 0 Å². The number of fused-ring (bicyclic) bond motifs is 1. The van der Waals surface area contributed by atoms with Crippen LogP contribution in [0.5, 0.6) is 0 Å². The quantitative estimate of drug-likeness (QED) is 0.781. The van der Waals surface area contributed by atoms with Gasteiger partial charge in [-0.3, -0.25) is 4.79 Å². The molecule has 1 aliphatic carbocycles. The molecule has 0 bridgehead atoms. The van der Waals surface area contributed by atoms with Crippen LogP contribution in [-0.4, -0.2) is 12.5 Å². The first kappa shape index (κ1) is 15.0. The number of nitrogens with one attached hydrogen (secondary N) is 1. The van der Waals surface area contributed by atoms with Crippen molar-refractivity contribution in [3.63, 3.8) is 0 Å². The summed E-state index contributed by atoms with van der Waals surface area (Å²) < 4.78 is 0. The molecule has 0 fully saturated rings. The molecular weight excluding hydrogens is 248 g/mol. The van der Waals surface area contributed by atoms with Gasteiger partial charge in [0.1, 0.15) is 0 Å². The normalized spacial score (nSPS) is 20.2. The molecule has 2 rings (SSSR count). The number of hydrogen-bond donors (Lipinski definition) is 2. The molecule has 0 heterocycles. The summed E-state index contributed by atoms with van der Waals surface area (Å²) in [5, 5.41) is 2.89. The van der Waals surface area contributed by atoms with Gasteiger partial charge >= 0.3 is 0 Å². The number of carbonyl (C=O) groups is 1. The zero-order valence-corrected chi connectivity index (χ0v) is 12.6. The van der Waals surface area contributed by atoms with Crippen LogP contribution in [-0.2, 0) is 16.6 Å². The molecule has 20 heavy (non-hydrogen) atoms. The average molecular weight is 274 g/mol. The van der Waals surface area contributed by atoms with E-state index >= 15 is 0 Å². The van der Waals surface area contributed by atoms with Crippen LogP contribution >= 0.6 is 0 Å². The molecule has 0 spiro atoms. The number of carbonyl (C=O) groups excluding carboxylic acids is 1. The largest absolute Gasteiger partial charge is 0.328 e. The van der Waals surface area contributed by atoms with Crippen molar-refractivity contribution >= 4 is 12.1 Å². The van der Waals surface area contributed by atoms with Crippen LogP contribution < -0.4 is 11.1 Å². The van der Waals surface area contributed by atoms with Crippen molar-refractivity contribution in [3.05, 3.63) is 29.3 Å². The van der Waals surface area contributed by atoms with E-state index in [1.54, 1.807) is 0 Å². The van der Waals surface area contributed by atoms with Crippen molar-refractivity contribution in [1.82, 2.24) is 0 Å². The second-order valence-electron chi connectivity index (χ2n) is 5.90. The third-order valence-electron chi connectivity index (χ3n) is 4.69. The van der Waals surface area contributed by atoms with Crippen molar-refractivity contribution in [2.24, 2.45) is 5.73 Å². The van der Waals surface area contributed by atoms with Crippen molar-refractivity contribution in [2.45, 2.75) is 63.8 Å². The van der Waals surface area contributed by atoms with E-state index in [0.717, 1.165) is 50.6 Å². The van der Waals surface area contributed by atoms with Crippen LogP contribution in [0.15, 0.2) is 18.2 Å². The maximum atomic E-state index is 10.9. The van der Waals surface area contributed by atoms with E-state index < -0.39 is 0 Å². The number of aryl methyl sites for hydroxylation is 1. The standard InChI is InChI=1S/C17H26N2O/c1-3-10-17(11-4-2)15(18)9-8-13-6-5-7-14(16(13)17)19-12-20/h5-7,12,15H,3-4,8-11,18H2,1-2H3,(H,19,20). The first-order chi connectivity index (χ1) is 9.69. The van der Waals surface area contributed by atoms with E-state index in [-0.39, 0.29) is 11.5 Å². The van der Waals surface area contributed by atoms with Gasteiger partial charge in [0.05, 0.1) is 0 Å². The lowest BCUT2D eigenvalue weighted by Crippen LogP contribution is -2.49. The highest BCUT2D eigenvalue weighted by Crippen LogP contribution is 2.46. The zero-order valence-electron chi connectivity index (χ0n) is 12.6. The molecule has 3 N–H and O–H groups in total. The topological polar surface area (TPSA) is 55.1 Å². The third kappa shape index (κ3) is 2.47. The molecule has 1 atom stereocenters. The molecule has 110 valence electrons. The third-order valence-corrected chi connectivity index (χ3v) is 4.69. The van der Waals surface area contributed by atoms with Gasteiger partial charge < -0.3 is 11.1 Å². The second kappa shape index (κ2) is 6.40. The summed E-state index contributed by atoms with van der Waals surface area (Å²) in [7, 11) is 0. The average Bonchev–Trinajstić information content (AvgIpc) is 2.44. The highest BCUT2D eigenvalue weighted by atomic mass is 16.1. The first-order valence-corrected chi connectivity index (χ1v) is 7.77. The Morgan fingerprint density at radius 1 is 1.35 bits per heavy atom. The Labute approximate surface area is 121 Å². The summed E-state index contributed by atoms with van der Waals surface area (Å²) in [5.41, 5.74) is 10.2. The summed E-state index contributed by atoms with van der Waals surface area (Å²) in [5.74, 6) is 0. The minimum Gasteiger partial charge on any atom is -0.328 e. The van der Waals surface area contributed by atoms with E-state index in [4.69, 9.17) is 5.73 Å². The number of rotatable bonds is 6. The maximum Gasteiger partial charge on any atom is 0.211 e. The van der Waals surface area contributed by atoms with Crippen LogP contribution in [0, 0.1) is 0 Å². The highest BCUT2D eigenvalue weighted by molar-refractivity contribution is 5.75. The van der Waals surface area contributed by atoms with Crippen LogP contribution in [0.2, 0.25) is 0 Å². The van der Waals surface area contributed by atoms with E-state index in [1.807, 2.05) is 12.1 Å². The first-order valence-electron chi connectivity index (χ1n) is 7.77. The number of amides is 1. The Morgan fingerprint density at radius 3 is 2.65 bits per heavy atom. The lowest BCUT2D eigenvalue weighted by Gasteiger charge is -2.45. The molecule has 0 aliphatic heterocycles. The fraction of sp³-hybridized carbons (Fsp3) is 0.588. The Hall–Kier alpha value is -1.35. The molecule has 1 unspecified atom stereocenters. The van der Waals surface area contributed by atoms with Crippen LogP contribution in [0.1, 0.15) is 57.1 Å². The van der Waals surface area contributed by atoms with Gasteiger partial charge in [0.15, 0.2) is 0 Å². The Morgan fingerprint density at radius 2 is 2.05 bits per heavy atom. The van der Waals surface area contributed by atoms with Crippen LogP contribution in [0.25, 0.3) is 0 Å². The monoisotopic (exact) mass is 274 g/mol. The van der Waals surface area contributed by atoms with Crippen molar-refractivity contribution < 1.29 is 4.79 Å². The molecule has 0 saturated carbocycles. The van der Waals surface area contributed by atoms with E-state index in [9.17, 15) is 4.79 Å². The number of benzene rings is 1. The SMILES string of the molecule is CCCC1(CCC)c2c(cccc2NC=O)CCC1N. The van der Waals surface area contributed by atoms with Gasteiger partial charge in [-0.2, -0.15) is 0 Å². The molecule has 3 heteroatoms. The molecule has 0 radical (unpaired) electrons. The Kier molecular flexibility index (Phi) is 4.81. The molecule has 3 nitrogen and oxygen atoms in total. The minimum atomic E-state index is 0.0175. The summed E-state index contributed by atoms with van der Waals surface area (Å²) in [6.07, 6.45) is 7.24. The summed E-state index contributed by atoms with van der Waals surface area (Å²) in [4.78, 5) is 10.9. The van der Waals surface area contributed by atoms with E-state index in [2.05, 4.69) is 25.2 Å². The highest BCUT2D eigenvalue weighted by Gasteiger charge is 2.42. The molecule has 1 aromatic carbocycles. The molecular formula is C17H26N2O. The Balaban J connectivity index is 2.60. The number of nitrogens with two attached hydrogens (primary N) is 1. The van der Waals surface area contributed by atoms with Crippen LogP contribution in [0.4, 0.5) is 5.69 Å². The van der Waals surface area contributed by atoms with E-state index in [0.29, 0.717) is 0 Å². The van der Waals surface area contributed by atoms with Gasteiger partial charge in [-0.05, 0) is 42.9 Å². The van der Waals surface area contributed by atoms with Crippen molar-refractivity contribution in [1.29, 1.82) is 0 Å². The fourth-order valence-electron chi connectivity index (χ4n) is 3.99. The van der Waals surface area contributed by atoms with Gasteiger partial charge in [-0.15, -0.1) is 0 Å². The van der Waals surface area contributed by atoms with Gasteiger partial charge in [0, 0.05) is 17.1 Å². The molecule has 1 aliphatic rings. The predicted molar refractivity (Wildman–Crippen MR) is 83.9 cm³/mol.